The Morgan fingerprint density at radius 1 is 1.12 bits per heavy atom. The molecular weight excluding hydrogens is 208 g/mol. The minimum Gasteiger partial charge on any atom is -0.296 e. The molecule has 0 aromatic carbocycles. The summed E-state index contributed by atoms with van der Waals surface area (Å²) in [4.78, 5) is 0. The standard InChI is InChI=1S/C15H26N2/c1-2-13-8-6-7-11-15(13,12-16)17-14-9-4-3-5-10-14/h13-14,17H,2-11H2,1H3. The molecule has 0 bridgehead atoms. The molecule has 0 saturated heterocycles. The topological polar surface area (TPSA) is 35.8 Å². The Morgan fingerprint density at radius 2 is 1.82 bits per heavy atom. The minimum absolute atomic E-state index is 0.199. The maximum absolute atomic E-state index is 9.66. The van der Waals surface area contributed by atoms with Gasteiger partial charge in [-0.25, -0.2) is 0 Å². The van der Waals surface area contributed by atoms with Crippen molar-refractivity contribution in [3.63, 3.8) is 0 Å². The number of nitrogens with one attached hydrogen (secondary N) is 1. The maximum atomic E-state index is 9.66. The van der Waals surface area contributed by atoms with Crippen molar-refractivity contribution in [1.82, 2.24) is 5.32 Å². The summed E-state index contributed by atoms with van der Waals surface area (Å²) in [5.41, 5.74) is -0.199. The first-order chi connectivity index (χ1) is 8.30. The van der Waals surface area contributed by atoms with Gasteiger partial charge in [0.25, 0.3) is 0 Å². The highest BCUT2D eigenvalue weighted by atomic mass is 15.0. The van der Waals surface area contributed by atoms with Crippen molar-refractivity contribution in [2.24, 2.45) is 5.92 Å². The number of nitrogens with zero attached hydrogens (tertiary/aromatic N) is 1. The summed E-state index contributed by atoms with van der Waals surface area (Å²) >= 11 is 0. The molecule has 0 aliphatic heterocycles. The highest BCUT2D eigenvalue weighted by molar-refractivity contribution is 5.13. The predicted octanol–water partition coefficient (Wildman–Crippen LogP) is 3.77. The van der Waals surface area contributed by atoms with E-state index in [0.717, 1.165) is 12.8 Å². The van der Waals surface area contributed by atoms with E-state index in [2.05, 4.69) is 18.3 Å². The molecule has 0 aromatic heterocycles. The summed E-state index contributed by atoms with van der Waals surface area (Å²) in [6, 6.07) is 3.26. The monoisotopic (exact) mass is 234 g/mol. The fourth-order valence-electron chi connectivity index (χ4n) is 3.78. The first-order valence-electron chi connectivity index (χ1n) is 7.49. The molecule has 2 nitrogen and oxygen atoms in total. The smallest absolute Gasteiger partial charge is 0.109 e. The highest BCUT2D eigenvalue weighted by Gasteiger charge is 2.41. The number of hydrogen-bond donors (Lipinski definition) is 1. The average Bonchev–Trinajstić information content (AvgIpc) is 2.40. The second-order valence-electron chi connectivity index (χ2n) is 5.91. The SMILES string of the molecule is CCC1CCCCC1(C#N)NC1CCCCC1. The molecule has 0 spiro atoms. The Morgan fingerprint density at radius 3 is 2.47 bits per heavy atom. The summed E-state index contributed by atoms with van der Waals surface area (Å²) in [6.45, 7) is 2.24. The molecular formula is C15H26N2. The third kappa shape index (κ3) is 2.83. The van der Waals surface area contributed by atoms with E-state index >= 15 is 0 Å². The van der Waals surface area contributed by atoms with Crippen LogP contribution in [0.2, 0.25) is 0 Å². The van der Waals surface area contributed by atoms with Gasteiger partial charge in [0.2, 0.25) is 0 Å². The molecule has 17 heavy (non-hydrogen) atoms. The van der Waals surface area contributed by atoms with Crippen molar-refractivity contribution in [2.45, 2.75) is 82.7 Å². The van der Waals surface area contributed by atoms with Gasteiger partial charge in [0.05, 0.1) is 6.07 Å². The van der Waals surface area contributed by atoms with Crippen LogP contribution < -0.4 is 5.32 Å². The van der Waals surface area contributed by atoms with E-state index in [1.165, 1.54) is 51.4 Å². The predicted molar refractivity (Wildman–Crippen MR) is 70.6 cm³/mol. The van der Waals surface area contributed by atoms with Crippen molar-refractivity contribution >= 4 is 0 Å². The molecule has 2 aliphatic carbocycles. The van der Waals surface area contributed by atoms with Crippen molar-refractivity contribution in [3.05, 3.63) is 0 Å². The molecule has 2 saturated carbocycles. The molecule has 2 atom stereocenters. The molecule has 0 aromatic rings. The third-order valence-electron chi connectivity index (χ3n) is 4.83. The van der Waals surface area contributed by atoms with Crippen LogP contribution in [0.15, 0.2) is 0 Å². The lowest BCUT2D eigenvalue weighted by Crippen LogP contribution is -2.56. The maximum Gasteiger partial charge on any atom is 0.109 e. The second-order valence-corrected chi connectivity index (χ2v) is 5.91. The van der Waals surface area contributed by atoms with Gasteiger partial charge in [0.15, 0.2) is 0 Å². The van der Waals surface area contributed by atoms with Crippen LogP contribution in [0.25, 0.3) is 0 Å². The van der Waals surface area contributed by atoms with E-state index in [4.69, 9.17) is 0 Å². The van der Waals surface area contributed by atoms with E-state index in [0.29, 0.717) is 12.0 Å². The summed E-state index contributed by atoms with van der Waals surface area (Å²) in [6.07, 6.45) is 12.6. The van der Waals surface area contributed by atoms with Gasteiger partial charge < -0.3 is 0 Å². The fraction of sp³-hybridized carbons (Fsp3) is 0.933. The third-order valence-corrected chi connectivity index (χ3v) is 4.83. The Kier molecular flexibility index (Phi) is 4.45. The molecule has 0 amide bonds. The molecule has 96 valence electrons. The van der Waals surface area contributed by atoms with Crippen LogP contribution in [0.3, 0.4) is 0 Å². The van der Waals surface area contributed by atoms with E-state index in [-0.39, 0.29) is 5.54 Å². The zero-order valence-electron chi connectivity index (χ0n) is 11.2. The van der Waals surface area contributed by atoms with Crippen molar-refractivity contribution in [3.8, 4) is 6.07 Å². The number of hydrogen-bond acceptors (Lipinski definition) is 2. The zero-order valence-corrected chi connectivity index (χ0v) is 11.2. The fourth-order valence-corrected chi connectivity index (χ4v) is 3.78. The van der Waals surface area contributed by atoms with E-state index in [1.807, 2.05) is 0 Å². The Bertz CT molecular complexity index is 275. The Labute approximate surface area is 106 Å². The van der Waals surface area contributed by atoms with Crippen LogP contribution in [-0.4, -0.2) is 11.6 Å². The zero-order chi connectivity index (χ0) is 12.1. The van der Waals surface area contributed by atoms with Gasteiger partial charge in [-0.15, -0.1) is 0 Å². The normalized spacial score (nSPS) is 35.4. The van der Waals surface area contributed by atoms with Gasteiger partial charge in [-0.2, -0.15) is 5.26 Å². The summed E-state index contributed by atoms with van der Waals surface area (Å²) in [5.74, 6) is 0.572. The van der Waals surface area contributed by atoms with E-state index in [1.54, 1.807) is 0 Å². The van der Waals surface area contributed by atoms with Crippen molar-refractivity contribution < 1.29 is 0 Å². The number of nitriles is 1. The van der Waals surface area contributed by atoms with Gasteiger partial charge in [-0.1, -0.05) is 45.4 Å². The molecule has 2 fully saturated rings. The Balaban J connectivity index is 2.03. The molecule has 1 N–H and O–H groups in total. The van der Waals surface area contributed by atoms with Crippen LogP contribution in [0, 0.1) is 17.2 Å². The average molecular weight is 234 g/mol. The summed E-state index contributed by atoms with van der Waals surface area (Å²) in [7, 11) is 0. The molecule has 2 heteroatoms. The minimum atomic E-state index is -0.199. The number of rotatable bonds is 3. The van der Waals surface area contributed by atoms with Crippen LogP contribution in [-0.2, 0) is 0 Å². The molecule has 2 aliphatic rings. The van der Waals surface area contributed by atoms with Crippen molar-refractivity contribution in [1.29, 1.82) is 5.26 Å². The largest absolute Gasteiger partial charge is 0.296 e. The summed E-state index contributed by atoms with van der Waals surface area (Å²) in [5, 5.41) is 13.4. The molecule has 0 heterocycles. The van der Waals surface area contributed by atoms with Crippen LogP contribution >= 0.6 is 0 Å². The second kappa shape index (κ2) is 5.87. The van der Waals surface area contributed by atoms with Gasteiger partial charge in [0, 0.05) is 6.04 Å². The van der Waals surface area contributed by atoms with Gasteiger partial charge in [-0.3, -0.25) is 5.32 Å². The Hall–Kier alpha value is -0.550. The van der Waals surface area contributed by atoms with Crippen LogP contribution in [0.4, 0.5) is 0 Å². The molecule has 2 unspecified atom stereocenters. The van der Waals surface area contributed by atoms with Crippen LogP contribution in [0.5, 0.6) is 0 Å². The quantitative estimate of drug-likeness (QED) is 0.807. The van der Waals surface area contributed by atoms with Crippen molar-refractivity contribution in [2.75, 3.05) is 0 Å². The lowest BCUT2D eigenvalue weighted by molar-refractivity contribution is 0.160. The van der Waals surface area contributed by atoms with Gasteiger partial charge >= 0.3 is 0 Å². The summed E-state index contributed by atoms with van der Waals surface area (Å²) < 4.78 is 0. The molecule has 0 radical (unpaired) electrons. The highest BCUT2D eigenvalue weighted by Crippen LogP contribution is 2.37. The van der Waals surface area contributed by atoms with Gasteiger partial charge in [-0.05, 0) is 31.6 Å². The first-order valence-corrected chi connectivity index (χ1v) is 7.49. The lowest BCUT2D eigenvalue weighted by atomic mass is 9.71. The lowest BCUT2D eigenvalue weighted by Gasteiger charge is -2.42. The van der Waals surface area contributed by atoms with Gasteiger partial charge in [0.1, 0.15) is 5.54 Å². The first kappa shape index (κ1) is 12.9. The van der Waals surface area contributed by atoms with E-state index in [9.17, 15) is 5.26 Å². The van der Waals surface area contributed by atoms with E-state index < -0.39 is 0 Å². The van der Waals surface area contributed by atoms with Crippen LogP contribution in [0.1, 0.15) is 71.1 Å². The molecule has 2 rings (SSSR count).